The summed E-state index contributed by atoms with van der Waals surface area (Å²) in [6.07, 6.45) is 0. The zero-order valence-corrected chi connectivity index (χ0v) is 10.6. The van der Waals surface area contributed by atoms with Crippen LogP contribution in [-0.2, 0) is 0 Å². The molecular formula is C13H13FN4O. The van der Waals surface area contributed by atoms with Gasteiger partial charge in [0.15, 0.2) is 5.69 Å². The Balaban J connectivity index is 2.23. The van der Waals surface area contributed by atoms with E-state index in [1.165, 1.54) is 17.0 Å². The van der Waals surface area contributed by atoms with Crippen molar-refractivity contribution in [3.63, 3.8) is 0 Å². The van der Waals surface area contributed by atoms with Crippen molar-refractivity contribution in [2.45, 2.75) is 0 Å². The van der Waals surface area contributed by atoms with Crippen LogP contribution in [0.25, 0.3) is 0 Å². The first kappa shape index (κ1) is 12.9. The van der Waals surface area contributed by atoms with E-state index in [-0.39, 0.29) is 11.6 Å². The Kier molecular flexibility index (Phi) is 3.70. The number of amides is 1. The van der Waals surface area contributed by atoms with Crippen molar-refractivity contribution >= 4 is 17.4 Å². The fourth-order valence-electron chi connectivity index (χ4n) is 1.55. The second kappa shape index (κ2) is 5.43. The Bertz CT molecular complexity index is 585. The zero-order chi connectivity index (χ0) is 13.8. The molecule has 1 N–H and O–H groups in total. The van der Waals surface area contributed by atoms with Crippen molar-refractivity contribution in [2.24, 2.45) is 0 Å². The van der Waals surface area contributed by atoms with Gasteiger partial charge in [-0.25, -0.2) is 4.39 Å². The minimum absolute atomic E-state index is 0.200. The van der Waals surface area contributed by atoms with Gasteiger partial charge in [0.05, 0.1) is 0 Å². The van der Waals surface area contributed by atoms with Crippen molar-refractivity contribution in [3.8, 4) is 0 Å². The Labute approximate surface area is 110 Å². The van der Waals surface area contributed by atoms with E-state index >= 15 is 0 Å². The lowest BCUT2D eigenvalue weighted by Gasteiger charge is -2.16. The predicted molar refractivity (Wildman–Crippen MR) is 70.7 cm³/mol. The minimum Gasteiger partial charge on any atom is -0.372 e. The first-order valence-electron chi connectivity index (χ1n) is 5.67. The third kappa shape index (κ3) is 2.85. The smallest absolute Gasteiger partial charge is 0.278 e. The molecule has 1 aromatic heterocycles. The van der Waals surface area contributed by atoms with E-state index in [4.69, 9.17) is 0 Å². The summed E-state index contributed by atoms with van der Waals surface area (Å²) in [6, 6.07) is 9.02. The monoisotopic (exact) mass is 260 g/mol. The summed E-state index contributed by atoms with van der Waals surface area (Å²) in [5, 5.41) is 10.5. The Morgan fingerprint density at radius 3 is 2.63 bits per heavy atom. The Hall–Kier alpha value is -2.50. The first-order valence-corrected chi connectivity index (χ1v) is 5.67. The molecule has 98 valence electrons. The topological polar surface area (TPSA) is 58.1 Å². The van der Waals surface area contributed by atoms with E-state index in [9.17, 15) is 9.18 Å². The number of carbonyl (C=O) groups excluding carboxylic acids is 1. The minimum atomic E-state index is -0.395. The van der Waals surface area contributed by atoms with Crippen molar-refractivity contribution in [1.29, 1.82) is 0 Å². The van der Waals surface area contributed by atoms with E-state index in [1.54, 1.807) is 38.4 Å². The largest absolute Gasteiger partial charge is 0.372 e. The average Bonchev–Trinajstić information content (AvgIpc) is 2.46. The van der Waals surface area contributed by atoms with Gasteiger partial charge in [-0.15, -0.1) is 10.2 Å². The van der Waals surface area contributed by atoms with Crippen molar-refractivity contribution in [1.82, 2.24) is 10.2 Å². The standard InChI is InChI=1S/C13H13FN4O/c1-15-12-7-6-11(16-17-12)13(19)18(2)10-5-3-4-9(14)8-10/h3-8H,1-2H3,(H,15,17). The van der Waals surface area contributed by atoms with Crippen LogP contribution in [0.15, 0.2) is 36.4 Å². The molecule has 0 spiro atoms. The second-order valence-electron chi connectivity index (χ2n) is 3.90. The van der Waals surface area contributed by atoms with Crippen LogP contribution in [0, 0.1) is 5.82 Å². The number of carbonyl (C=O) groups is 1. The van der Waals surface area contributed by atoms with E-state index in [1.807, 2.05) is 0 Å². The lowest BCUT2D eigenvalue weighted by molar-refractivity contribution is 0.0987. The number of anilines is 2. The molecule has 0 unspecified atom stereocenters. The van der Waals surface area contributed by atoms with Crippen LogP contribution in [0.5, 0.6) is 0 Å². The van der Waals surface area contributed by atoms with E-state index in [2.05, 4.69) is 15.5 Å². The molecule has 1 heterocycles. The predicted octanol–water partition coefficient (Wildman–Crippen LogP) is 1.93. The molecule has 0 radical (unpaired) electrons. The molecule has 1 amide bonds. The fraction of sp³-hybridized carbons (Fsp3) is 0.154. The van der Waals surface area contributed by atoms with Crippen LogP contribution in [0.3, 0.4) is 0 Å². The van der Waals surface area contributed by atoms with Gasteiger partial charge in [0.25, 0.3) is 5.91 Å². The summed E-state index contributed by atoms with van der Waals surface area (Å²) in [6.45, 7) is 0. The van der Waals surface area contributed by atoms with Gasteiger partial charge in [-0.2, -0.15) is 0 Å². The molecule has 6 heteroatoms. The molecule has 0 aliphatic rings. The molecule has 0 aliphatic carbocycles. The molecule has 1 aromatic carbocycles. The SMILES string of the molecule is CNc1ccc(C(=O)N(C)c2cccc(F)c2)nn1. The number of hydrogen-bond donors (Lipinski definition) is 1. The van der Waals surface area contributed by atoms with Crippen LogP contribution in [0.1, 0.15) is 10.5 Å². The molecule has 0 bridgehead atoms. The van der Waals surface area contributed by atoms with E-state index < -0.39 is 5.82 Å². The fourth-order valence-corrected chi connectivity index (χ4v) is 1.55. The molecule has 0 aliphatic heterocycles. The molecule has 0 saturated heterocycles. The summed E-state index contributed by atoms with van der Waals surface area (Å²) in [5.41, 5.74) is 0.662. The lowest BCUT2D eigenvalue weighted by Crippen LogP contribution is -2.27. The number of hydrogen-bond acceptors (Lipinski definition) is 4. The van der Waals surface area contributed by atoms with Crippen molar-refractivity contribution in [2.75, 3.05) is 24.3 Å². The highest BCUT2D eigenvalue weighted by atomic mass is 19.1. The van der Waals surface area contributed by atoms with Gasteiger partial charge in [-0.1, -0.05) is 6.07 Å². The number of benzene rings is 1. The molecule has 2 aromatic rings. The summed E-state index contributed by atoms with van der Waals surface area (Å²) < 4.78 is 13.1. The third-order valence-electron chi connectivity index (χ3n) is 2.64. The number of nitrogens with zero attached hydrogens (tertiary/aromatic N) is 3. The molecule has 0 saturated carbocycles. The van der Waals surface area contributed by atoms with Gasteiger partial charge in [0, 0.05) is 19.8 Å². The molecule has 5 nitrogen and oxygen atoms in total. The maximum atomic E-state index is 13.1. The number of aromatic nitrogens is 2. The van der Waals surface area contributed by atoms with Gasteiger partial charge >= 0.3 is 0 Å². The summed E-state index contributed by atoms with van der Waals surface area (Å²) >= 11 is 0. The van der Waals surface area contributed by atoms with E-state index in [0.29, 0.717) is 11.5 Å². The molecule has 0 atom stereocenters. The van der Waals surface area contributed by atoms with Gasteiger partial charge in [-0.3, -0.25) is 4.79 Å². The maximum Gasteiger partial charge on any atom is 0.278 e. The average molecular weight is 260 g/mol. The Morgan fingerprint density at radius 2 is 2.05 bits per heavy atom. The third-order valence-corrected chi connectivity index (χ3v) is 2.64. The summed E-state index contributed by atoms with van der Waals surface area (Å²) in [5.74, 6) is -0.167. The number of halogens is 1. The quantitative estimate of drug-likeness (QED) is 0.916. The van der Waals surface area contributed by atoms with Gasteiger partial charge in [0.2, 0.25) is 0 Å². The van der Waals surface area contributed by atoms with E-state index in [0.717, 1.165) is 0 Å². The van der Waals surface area contributed by atoms with Crippen molar-refractivity contribution in [3.05, 3.63) is 47.9 Å². The molecule has 19 heavy (non-hydrogen) atoms. The van der Waals surface area contributed by atoms with Gasteiger partial charge in [0.1, 0.15) is 11.6 Å². The number of rotatable bonds is 3. The summed E-state index contributed by atoms with van der Waals surface area (Å²) in [4.78, 5) is 13.5. The van der Waals surface area contributed by atoms with Gasteiger partial charge in [-0.05, 0) is 30.3 Å². The van der Waals surface area contributed by atoms with Crippen LogP contribution in [0.4, 0.5) is 15.9 Å². The zero-order valence-electron chi connectivity index (χ0n) is 10.6. The molecule has 0 fully saturated rings. The van der Waals surface area contributed by atoms with Crippen LogP contribution in [-0.4, -0.2) is 30.2 Å². The molecule has 2 rings (SSSR count). The highest BCUT2D eigenvalue weighted by Gasteiger charge is 2.15. The maximum absolute atomic E-state index is 13.1. The lowest BCUT2D eigenvalue weighted by atomic mass is 10.2. The second-order valence-corrected chi connectivity index (χ2v) is 3.90. The van der Waals surface area contributed by atoms with Gasteiger partial charge < -0.3 is 10.2 Å². The van der Waals surface area contributed by atoms with Crippen LogP contribution in [0.2, 0.25) is 0 Å². The highest BCUT2D eigenvalue weighted by molar-refractivity contribution is 6.04. The normalized spacial score (nSPS) is 10.1. The van der Waals surface area contributed by atoms with Crippen LogP contribution >= 0.6 is 0 Å². The number of nitrogens with one attached hydrogen (secondary N) is 1. The summed E-state index contributed by atoms with van der Waals surface area (Å²) in [7, 11) is 3.27. The molecular weight excluding hydrogens is 247 g/mol. The first-order chi connectivity index (χ1) is 9.11. The van der Waals surface area contributed by atoms with Crippen molar-refractivity contribution < 1.29 is 9.18 Å². The van der Waals surface area contributed by atoms with Crippen LogP contribution < -0.4 is 10.2 Å². The highest BCUT2D eigenvalue weighted by Crippen LogP contribution is 2.16. The Morgan fingerprint density at radius 1 is 1.26 bits per heavy atom.